The van der Waals surface area contributed by atoms with Gasteiger partial charge < -0.3 is 4.98 Å². The molecule has 0 fully saturated rings. The van der Waals surface area contributed by atoms with Gasteiger partial charge in [0.1, 0.15) is 0 Å². The van der Waals surface area contributed by atoms with Crippen molar-refractivity contribution >= 4 is 10.9 Å². The van der Waals surface area contributed by atoms with Gasteiger partial charge in [-0.1, -0.05) is 44.2 Å². The lowest BCUT2D eigenvalue weighted by molar-refractivity contribution is 0.554. The molecular formula is C17H18N2. The first kappa shape index (κ1) is 12.0. The molecule has 2 aromatic heterocycles. The smallest absolute Gasteiger partial charge is 0.0488 e. The van der Waals surface area contributed by atoms with E-state index in [0.717, 1.165) is 11.9 Å². The molecule has 1 atom stereocenters. The Hall–Kier alpha value is -2.09. The fourth-order valence-corrected chi connectivity index (χ4v) is 2.78. The number of rotatable bonds is 3. The van der Waals surface area contributed by atoms with Crippen molar-refractivity contribution in [3.8, 4) is 0 Å². The Morgan fingerprint density at radius 2 is 1.95 bits per heavy atom. The quantitative estimate of drug-likeness (QED) is 0.738. The highest BCUT2D eigenvalue weighted by Gasteiger charge is 2.29. The van der Waals surface area contributed by atoms with Crippen LogP contribution in [-0.2, 0) is 5.41 Å². The van der Waals surface area contributed by atoms with Crippen molar-refractivity contribution in [2.45, 2.75) is 25.7 Å². The maximum atomic E-state index is 4.27. The Kier molecular flexibility index (Phi) is 2.86. The maximum absolute atomic E-state index is 4.27. The number of hydrogen-bond acceptors (Lipinski definition) is 1. The van der Waals surface area contributed by atoms with Gasteiger partial charge in [-0.25, -0.2) is 0 Å². The van der Waals surface area contributed by atoms with Gasteiger partial charge in [-0.3, -0.25) is 4.98 Å². The van der Waals surface area contributed by atoms with Gasteiger partial charge in [-0.05, 0) is 23.6 Å². The summed E-state index contributed by atoms with van der Waals surface area (Å²) in [6, 6.07) is 12.7. The highest BCUT2D eigenvalue weighted by Crippen LogP contribution is 2.38. The first-order valence-electron chi connectivity index (χ1n) is 6.73. The van der Waals surface area contributed by atoms with Gasteiger partial charge in [0, 0.05) is 34.9 Å². The van der Waals surface area contributed by atoms with E-state index < -0.39 is 0 Å². The monoisotopic (exact) mass is 250 g/mol. The number of nitrogens with zero attached hydrogens (tertiary/aromatic N) is 1. The molecule has 0 aliphatic heterocycles. The van der Waals surface area contributed by atoms with Crippen LogP contribution in [0.25, 0.3) is 10.9 Å². The van der Waals surface area contributed by atoms with Gasteiger partial charge in [0.05, 0.1) is 0 Å². The lowest BCUT2D eigenvalue weighted by Crippen LogP contribution is -2.22. The fraction of sp³-hybridized carbons (Fsp3) is 0.235. The van der Waals surface area contributed by atoms with Crippen LogP contribution in [0.2, 0.25) is 0 Å². The molecule has 0 aliphatic rings. The minimum absolute atomic E-state index is 0.0164. The second kappa shape index (κ2) is 4.54. The number of hydrogen-bond donors (Lipinski definition) is 1. The third kappa shape index (κ3) is 1.84. The zero-order valence-corrected chi connectivity index (χ0v) is 11.4. The summed E-state index contributed by atoms with van der Waals surface area (Å²) in [4.78, 5) is 7.63. The number of aromatic amines is 1. The summed E-state index contributed by atoms with van der Waals surface area (Å²) < 4.78 is 0. The molecule has 1 aromatic carbocycles. The standard InChI is InChI=1S/C17H18N2/c1-3-17(2,13-7-5-4-6-8-13)15-12-19-16-9-10-18-11-14(15)16/h4-12,19H,3H2,1-2H3. The predicted molar refractivity (Wildman–Crippen MR) is 79.3 cm³/mol. The van der Waals surface area contributed by atoms with Crippen LogP contribution in [0.1, 0.15) is 31.4 Å². The fourth-order valence-electron chi connectivity index (χ4n) is 2.78. The van der Waals surface area contributed by atoms with Gasteiger partial charge in [0.25, 0.3) is 0 Å². The van der Waals surface area contributed by atoms with Crippen LogP contribution in [0, 0.1) is 0 Å². The molecule has 1 unspecified atom stereocenters. The predicted octanol–water partition coefficient (Wildman–Crippen LogP) is 4.28. The van der Waals surface area contributed by atoms with E-state index in [1.54, 1.807) is 0 Å². The highest BCUT2D eigenvalue weighted by molar-refractivity contribution is 5.83. The van der Waals surface area contributed by atoms with E-state index >= 15 is 0 Å². The molecule has 3 aromatic rings. The second-order valence-electron chi connectivity index (χ2n) is 5.18. The summed E-state index contributed by atoms with van der Waals surface area (Å²) in [7, 11) is 0. The SMILES string of the molecule is CCC(C)(c1ccccc1)c1c[nH]c2ccncc12. The molecule has 2 heterocycles. The molecule has 0 saturated carbocycles. The van der Waals surface area contributed by atoms with Crippen molar-refractivity contribution in [2.24, 2.45) is 0 Å². The Morgan fingerprint density at radius 3 is 2.68 bits per heavy atom. The van der Waals surface area contributed by atoms with E-state index in [4.69, 9.17) is 0 Å². The molecule has 19 heavy (non-hydrogen) atoms. The maximum Gasteiger partial charge on any atom is 0.0488 e. The van der Waals surface area contributed by atoms with E-state index in [1.165, 1.54) is 16.5 Å². The van der Waals surface area contributed by atoms with Crippen LogP contribution in [0.15, 0.2) is 55.0 Å². The molecule has 0 aliphatic carbocycles. The van der Waals surface area contributed by atoms with Crippen LogP contribution < -0.4 is 0 Å². The summed E-state index contributed by atoms with van der Waals surface area (Å²) in [5.74, 6) is 0. The highest BCUT2D eigenvalue weighted by atomic mass is 14.7. The summed E-state index contributed by atoms with van der Waals surface area (Å²) in [6.45, 7) is 4.54. The Bertz CT molecular complexity index is 685. The molecule has 2 heteroatoms. The second-order valence-corrected chi connectivity index (χ2v) is 5.18. The molecule has 1 N–H and O–H groups in total. The minimum atomic E-state index is 0.0164. The summed E-state index contributed by atoms with van der Waals surface area (Å²) >= 11 is 0. The van der Waals surface area contributed by atoms with Crippen molar-refractivity contribution in [3.63, 3.8) is 0 Å². The van der Waals surface area contributed by atoms with Crippen LogP contribution in [0.5, 0.6) is 0 Å². The van der Waals surface area contributed by atoms with Gasteiger partial charge in [0.15, 0.2) is 0 Å². The van der Waals surface area contributed by atoms with E-state index in [-0.39, 0.29) is 5.41 Å². The molecule has 0 amide bonds. The minimum Gasteiger partial charge on any atom is -0.361 e. The number of benzene rings is 1. The Balaban J connectivity index is 2.22. The lowest BCUT2D eigenvalue weighted by atomic mass is 9.74. The normalized spacial score (nSPS) is 14.4. The average Bonchev–Trinajstić information content (AvgIpc) is 2.92. The van der Waals surface area contributed by atoms with Crippen LogP contribution in [-0.4, -0.2) is 9.97 Å². The van der Waals surface area contributed by atoms with E-state index in [2.05, 4.69) is 60.3 Å². The zero-order valence-electron chi connectivity index (χ0n) is 11.4. The van der Waals surface area contributed by atoms with Crippen molar-refractivity contribution in [2.75, 3.05) is 0 Å². The number of H-pyrrole nitrogens is 1. The first-order valence-corrected chi connectivity index (χ1v) is 6.73. The first-order chi connectivity index (χ1) is 9.25. The number of fused-ring (bicyclic) bond motifs is 1. The zero-order chi connectivity index (χ0) is 13.3. The van der Waals surface area contributed by atoms with E-state index in [9.17, 15) is 0 Å². The van der Waals surface area contributed by atoms with Crippen molar-refractivity contribution < 1.29 is 0 Å². The van der Waals surface area contributed by atoms with Crippen LogP contribution in [0.4, 0.5) is 0 Å². The largest absolute Gasteiger partial charge is 0.361 e. The summed E-state index contributed by atoms with van der Waals surface area (Å²) in [6.07, 6.45) is 6.97. The number of aromatic nitrogens is 2. The van der Waals surface area contributed by atoms with Crippen LogP contribution in [0.3, 0.4) is 0 Å². The molecule has 0 bridgehead atoms. The molecule has 0 saturated heterocycles. The summed E-state index contributed by atoms with van der Waals surface area (Å²) in [5.41, 5.74) is 3.84. The van der Waals surface area contributed by atoms with Crippen molar-refractivity contribution in [1.82, 2.24) is 9.97 Å². The molecule has 0 spiro atoms. The van der Waals surface area contributed by atoms with Gasteiger partial charge in [-0.2, -0.15) is 0 Å². The third-order valence-corrected chi connectivity index (χ3v) is 4.20. The van der Waals surface area contributed by atoms with Gasteiger partial charge in [0.2, 0.25) is 0 Å². The van der Waals surface area contributed by atoms with Crippen molar-refractivity contribution in [3.05, 3.63) is 66.1 Å². The average molecular weight is 250 g/mol. The van der Waals surface area contributed by atoms with E-state index in [0.29, 0.717) is 0 Å². The van der Waals surface area contributed by atoms with Crippen LogP contribution >= 0.6 is 0 Å². The van der Waals surface area contributed by atoms with Crippen molar-refractivity contribution in [1.29, 1.82) is 0 Å². The Morgan fingerprint density at radius 1 is 1.16 bits per heavy atom. The lowest BCUT2D eigenvalue weighted by Gasteiger charge is -2.29. The van der Waals surface area contributed by atoms with E-state index in [1.807, 2.05) is 18.5 Å². The molecule has 2 nitrogen and oxygen atoms in total. The molecular weight excluding hydrogens is 232 g/mol. The number of pyridine rings is 1. The molecule has 96 valence electrons. The number of nitrogens with one attached hydrogen (secondary N) is 1. The van der Waals surface area contributed by atoms with Gasteiger partial charge >= 0.3 is 0 Å². The van der Waals surface area contributed by atoms with Gasteiger partial charge in [-0.15, -0.1) is 0 Å². The third-order valence-electron chi connectivity index (χ3n) is 4.20. The topological polar surface area (TPSA) is 28.7 Å². The molecule has 3 rings (SSSR count). The Labute approximate surface area is 113 Å². The molecule has 0 radical (unpaired) electrons. The summed E-state index contributed by atoms with van der Waals surface area (Å²) in [5, 5.41) is 1.22.